The van der Waals surface area contributed by atoms with Crippen LogP contribution in [0.3, 0.4) is 0 Å². The van der Waals surface area contributed by atoms with Crippen LogP contribution < -0.4 is 0 Å². The number of hydrogen-bond donors (Lipinski definition) is 1. The Labute approximate surface area is 61.4 Å². The van der Waals surface area contributed by atoms with Crippen molar-refractivity contribution in [2.45, 2.75) is 12.5 Å². The van der Waals surface area contributed by atoms with E-state index < -0.39 is 0 Å². The van der Waals surface area contributed by atoms with Gasteiger partial charge in [0.05, 0.1) is 0 Å². The molecule has 0 radical (unpaired) electrons. The van der Waals surface area contributed by atoms with Gasteiger partial charge < -0.3 is 4.90 Å². The van der Waals surface area contributed by atoms with Crippen LogP contribution in [0.4, 0.5) is 0 Å². The predicted octanol–water partition coefficient (Wildman–Crippen LogP) is 0.221. The maximum absolute atomic E-state index is 4.37. The summed E-state index contributed by atoms with van der Waals surface area (Å²) in [7, 11) is 0. The van der Waals surface area contributed by atoms with Crippen molar-refractivity contribution in [1.82, 2.24) is 9.21 Å². The maximum atomic E-state index is 4.37. The molecule has 9 heavy (non-hydrogen) atoms. The van der Waals surface area contributed by atoms with Gasteiger partial charge >= 0.3 is 0 Å². The molecule has 2 rings (SSSR count). The van der Waals surface area contributed by atoms with Gasteiger partial charge in [-0.25, -0.2) is 4.31 Å². The summed E-state index contributed by atoms with van der Waals surface area (Å²) >= 11 is 4.37. The molecule has 2 aliphatic heterocycles. The third kappa shape index (κ3) is 0.974. The highest BCUT2D eigenvalue weighted by atomic mass is 32.1. The van der Waals surface area contributed by atoms with E-state index in [0.29, 0.717) is 0 Å². The SMILES string of the molecule is SN1CCN2CCC1C2. The fourth-order valence-corrected chi connectivity index (χ4v) is 1.96. The fraction of sp³-hybridized carbons (Fsp3) is 1.00. The highest BCUT2D eigenvalue weighted by molar-refractivity contribution is 7.77. The molecular formula is C6H12N2S. The van der Waals surface area contributed by atoms with E-state index in [4.69, 9.17) is 0 Å². The van der Waals surface area contributed by atoms with E-state index in [1.54, 1.807) is 0 Å². The van der Waals surface area contributed by atoms with Crippen molar-refractivity contribution in [2.75, 3.05) is 26.2 Å². The van der Waals surface area contributed by atoms with E-state index in [-0.39, 0.29) is 0 Å². The van der Waals surface area contributed by atoms with Crippen molar-refractivity contribution in [3.63, 3.8) is 0 Å². The summed E-state index contributed by atoms with van der Waals surface area (Å²) in [5.74, 6) is 0. The molecule has 0 aromatic carbocycles. The summed E-state index contributed by atoms with van der Waals surface area (Å²) in [4.78, 5) is 2.51. The van der Waals surface area contributed by atoms with Crippen LogP contribution in [0.15, 0.2) is 0 Å². The normalized spacial score (nSPS) is 43.7. The van der Waals surface area contributed by atoms with Crippen molar-refractivity contribution in [3.05, 3.63) is 0 Å². The van der Waals surface area contributed by atoms with Gasteiger partial charge in [-0.15, -0.1) is 0 Å². The van der Waals surface area contributed by atoms with Gasteiger partial charge in [-0.05, 0) is 13.0 Å². The number of piperazine rings is 1. The monoisotopic (exact) mass is 144 g/mol. The first-order valence-corrected chi connectivity index (χ1v) is 3.94. The molecule has 0 N–H and O–H groups in total. The van der Waals surface area contributed by atoms with Gasteiger partial charge in [0, 0.05) is 25.7 Å². The summed E-state index contributed by atoms with van der Waals surface area (Å²) in [5, 5.41) is 0. The van der Waals surface area contributed by atoms with Crippen molar-refractivity contribution < 1.29 is 0 Å². The van der Waals surface area contributed by atoms with E-state index in [2.05, 4.69) is 22.0 Å². The number of thiol groups is 1. The molecule has 2 aliphatic rings. The molecule has 0 aromatic heterocycles. The second kappa shape index (κ2) is 2.15. The molecule has 0 amide bonds. The first kappa shape index (κ1) is 6.01. The van der Waals surface area contributed by atoms with E-state index in [1.807, 2.05) is 0 Å². The van der Waals surface area contributed by atoms with E-state index in [1.165, 1.54) is 26.1 Å². The number of nitrogens with zero attached hydrogens (tertiary/aromatic N) is 2. The summed E-state index contributed by atoms with van der Waals surface area (Å²) < 4.78 is 2.18. The van der Waals surface area contributed by atoms with Gasteiger partial charge in [-0.2, -0.15) is 0 Å². The van der Waals surface area contributed by atoms with Crippen LogP contribution >= 0.6 is 12.8 Å². The molecular weight excluding hydrogens is 132 g/mol. The molecule has 2 bridgehead atoms. The fourth-order valence-electron chi connectivity index (χ4n) is 1.69. The van der Waals surface area contributed by atoms with Crippen LogP contribution in [0.2, 0.25) is 0 Å². The quantitative estimate of drug-likeness (QED) is 0.486. The first-order valence-electron chi connectivity index (χ1n) is 3.54. The maximum Gasteiger partial charge on any atom is 0.0340 e. The molecule has 2 atom stereocenters. The van der Waals surface area contributed by atoms with Gasteiger partial charge in [0.1, 0.15) is 0 Å². The predicted molar refractivity (Wildman–Crippen MR) is 40.5 cm³/mol. The molecule has 0 aliphatic carbocycles. The molecule has 3 heteroatoms. The highest BCUT2D eigenvalue weighted by Crippen LogP contribution is 2.20. The zero-order chi connectivity index (χ0) is 6.27. The van der Waals surface area contributed by atoms with Gasteiger partial charge in [0.15, 0.2) is 0 Å². The minimum atomic E-state index is 0.752. The van der Waals surface area contributed by atoms with E-state index >= 15 is 0 Å². The Morgan fingerprint density at radius 2 is 2.11 bits per heavy atom. The highest BCUT2D eigenvalue weighted by Gasteiger charge is 2.30. The minimum absolute atomic E-state index is 0.752. The summed E-state index contributed by atoms with van der Waals surface area (Å²) in [6.45, 7) is 4.92. The van der Waals surface area contributed by atoms with E-state index in [0.717, 1.165) is 12.6 Å². The molecule has 2 saturated heterocycles. The van der Waals surface area contributed by atoms with Crippen molar-refractivity contribution in [2.24, 2.45) is 0 Å². The Hall–Kier alpha value is 0.270. The zero-order valence-corrected chi connectivity index (χ0v) is 6.35. The standard InChI is InChI=1S/C6H12N2S/c9-8-4-3-7-2-1-6(8)5-7/h6,9H,1-5H2. The Morgan fingerprint density at radius 1 is 1.22 bits per heavy atom. The Bertz CT molecular complexity index is 118. The zero-order valence-electron chi connectivity index (χ0n) is 5.45. The lowest BCUT2D eigenvalue weighted by Gasteiger charge is -2.29. The molecule has 0 aromatic rings. The Morgan fingerprint density at radius 3 is 2.89 bits per heavy atom. The number of rotatable bonds is 0. The van der Waals surface area contributed by atoms with Crippen molar-refractivity contribution in [3.8, 4) is 0 Å². The molecule has 52 valence electrons. The largest absolute Gasteiger partial charge is 0.300 e. The molecule has 2 unspecified atom stereocenters. The number of hydrogen-bond acceptors (Lipinski definition) is 3. The lowest BCUT2D eigenvalue weighted by atomic mass is 10.2. The topological polar surface area (TPSA) is 6.48 Å². The molecule has 2 heterocycles. The van der Waals surface area contributed by atoms with E-state index in [9.17, 15) is 0 Å². The van der Waals surface area contributed by atoms with Crippen LogP contribution in [-0.2, 0) is 0 Å². The first-order chi connectivity index (χ1) is 4.36. The van der Waals surface area contributed by atoms with Crippen molar-refractivity contribution >= 4 is 12.8 Å². The van der Waals surface area contributed by atoms with Gasteiger partial charge in [0.2, 0.25) is 0 Å². The summed E-state index contributed by atoms with van der Waals surface area (Å²) in [6.07, 6.45) is 1.32. The van der Waals surface area contributed by atoms with Gasteiger partial charge in [-0.1, -0.05) is 12.8 Å². The second-order valence-electron chi connectivity index (χ2n) is 2.91. The second-order valence-corrected chi connectivity index (χ2v) is 3.42. The Balaban J connectivity index is 2.05. The Kier molecular flexibility index (Phi) is 1.43. The molecule has 0 spiro atoms. The lowest BCUT2D eigenvalue weighted by molar-refractivity contribution is 0.228. The van der Waals surface area contributed by atoms with Crippen LogP contribution in [0, 0.1) is 0 Å². The molecule has 2 fully saturated rings. The summed E-state index contributed by atoms with van der Waals surface area (Å²) in [6, 6.07) is 0.752. The minimum Gasteiger partial charge on any atom is -0.300 e. The average Bonchev–Trinajstić information content (AvgIpc) is 2.25. The third-order valence-electron chi connectivity index (χ3n) is 2.31. The van der Waals surface area contributed by atoms with Crippen LogP contribution in [0.1, 0.15) is 6.42 Å². The van der Waals surface area contributed by atoms with Gasteiger partial charge in [0.25, 0.3) is 0 Å². The van der Waals surface area contributed by atoms with Crippen molar-refractivity contribution in [1.29, 1.82) is 0 Å². The molecule has 2 nitrogen and oxygen atoms in total. The smallest absolute Gasteiger partial charge is 0.0340 e. The summed E-state index contributed by atoms with van der Waals surface area (Å²) in [5.41, 5.74) is 0. The van der Waals surface area contributed by atoms with Crippen LogP contribution in [0.25, 0.3) is 0 Å². The van der Waals surface area contributed by atoms with Crippen LogP contribution in [0.5, 0.6) is 0 Å². The third-order valence-corrected chi connectivity index (χ3v) is 2.84. The van der Waals surface area contributed by atoms with Crippen LogP contribution in [-0.4, -0.2) is 41.4 Å². The average molecular weight is 144 g/mol. The van der Waals surface area contributed by atoms with Gasteiger partial charge in [-0.3, -0.25) is 0 Å². The number of fused-ring (bicyclic) bond motifs is 2. The molecule has 0 saturated carbocycles. The lowest BCUT2D eigenvalue weighted by Crippen LogP contribution is -2.41.